The summed E-state index contributed by atoms with van der Waals surface area (Å²) < 4.78 is 15.0. The van der Waals surface area contributed by atoms with Gasteiger partial charge in [0.1, 0.15) is 11.5 Å². The SMILES string of the molecule is COC(=O)CSCC(=O)Nc1nnc(-c2ccc(OC)cc2OC)s1. The van der Waals surface area contributed by atoms with E-state index < -0.39 is 0 Å². The summed E-state index contributed by atoms with van der Waals surface area (Å²) in [6.07, 6.45) is 0. The average Bonchev–Trinajstić information content (AvgIpc) is 3.08. The van der Waals surface area contributed by atoms with Gasteiger partial charge in [0.05, 0.1) is 38.4 Å². The number of thioether (sulfide) groups is 1. The molecule has 1 N–H and O–H groups in total. The van der Waals surface area contributed by atoms with E-state index in [0.717, 1.165) is 17.3 Å². The van der Waals surface area contributed by atoms with Gasteiger partial charge >= 0.3 is 5.97 Å². The molecule has 0 aliphatic rings. The van der Waals surface area contributed by atoms with Crippen LogP contribution in [0.5, 0.6) is 11.5 Å². The number of hydrogen-bond donors (Lipinski definition) is 1. The summed E-state index contributed by atoms with van der Waals surface area (Å²) in [5.74, 6) is 0.869. The molecule has 0 saturated heterocycles. The van der Waals surface area contributed by atoms with Crippen molar-refractivity contribution in [1.82, 2.24) is 10.2 Å². The number of carbonyl (C=O) groups excluding carboxylic acids is 2. The molecule has 8 nitrogen and oxygen atoms in total. The number of nitrogens with zero attached hydrogens (tertiary/aromatic N) is 2. The number of rotatable bonds is 8. The van der Waals surface area contributed by atoms with Crippen LogP contribution < -0.4 is 14.8 Å². The van der Waals surface area contributed by atoms with E-state index in [4.69, 9.17) is 9.47 Å². The monoisotopic (exact) mass is 383 g/mol. The maximum absolute atomic E-state index is 11.8. The van der Waals surface area contributed by atoms with E-state index in [1.165, 1.54) is 18.4 Å². The topological polar surface area (TPSA) is 99.6 Å². The lowest BCUT2D eigenvalue weighted by molar-refractivity contribution is -0.137. The summed E-state index contributed by atoms with van der Waals surface area (Å²) in [5, 5.41) is 11.7. The number of esters is 1. The van der Waals surface area contributed by atoms with Gasteiger partial charge in [0, 0.05) is 6.07 Å². The van der Waals surface area contributed by atoms with E-state index in [9.17, 15) is 9.59 Å². The predicted octanol–water partition coefficient (Wildman–Crippen LogP) is 2.07. The fourth-order valence-corrected chi connectivity index (χ4v) is 3.23. The van der Waals surface area contributed by atoms with Gasteiger partial charge in [-0.05, 0) is 12.1 Å². The van der Waals surface area contributed by atoms with Crippen LogP contribution in [-0.2, 0) is 14.3 Å². The third-order valence-corrected chi connectivity index (χ3v) is 4.77. The Balaban J connectivity index is 2.00. The molecule has 2 rings (SSSR count). The zero-order valence-corrected chi connectivity index (χ0v) is 15.5. The largest absolute Gasteiger partial charge is 0.497 e. The average molecular weight is 383 g/mol. The molecular formula is C15H17N3O5S2. The number of benzene rings is 1. The Hall–Kier alpha value is -2.33. The van der Waals surface area contributed by atoms with E-state index in [-0.39, 0.29) is 23.4 Å². The smallest absolute Gasteiger partial charge is 0.315 e. The second kappa shape index (κ2) is 9.23. The number of ether oxygens (including phenoxy) is 3. The van der Waals surface area contributed by atoms with Gasteiger partial charge in [-0.1, -0.05) is 11.3 Å². The van der Waals surface area contributed by atoms with Crippen molar-refractivity contribution in [3.63, 3.8) is 0 Å². The van der Waals surface area contributed by atoms with Crippen molar-refractivity contribution in [2.45, 2.75) is 0 Å². The number of aromatic nitrogens is 2. The highest BCUT2D eigenvalue weighted by Gasteiger charge is 2.14. The van der Waals surface area contributed by atoms with E-state index >= 15 is 0 Å². The molecule has 0 saturated carbocycles. The molecule has 0 spiro atoms. The molecule has 134 valence electrons. The highest BCUT2D eigenvalue weighted by atomic mass is 32.2. The number of methoxy groups -OCH3 is 3. The second-order valence-electron chi connectivity index (χ2n) is 4.60. The van der Waals surface area contributed by atoms with Gasteiger partial charge in [0.25, 0.3) is 0 Å². The molecule has 1 heterocycles. The molecule has 0 fully saturated rings. The molecule has 0 bridgehead atoms. The first-order valence-corrected chi connectivity index (χ1v) is 9.04. The lowest BCUT2D eigenvalue weighted by Crippen LogP contribution is -2.15. The van der Waals surface area contributed by atoms with Crippen LogP contribution in [0.2, 0.25) is 0 Å². The van der Waals surface area contributed by atoms with Crippen molar-refractivity contribution in [1.29, 1.82) is 0 Å². The maximum atomic E-state index is 11.8. The molecule has 2 aromatic rings. The normalized spacial score (nSPS) is 10.2. The van der Waals surface area contributed by atoms with Crippen LogP contribution in [0.15, 0.2) is 18.2 Å². The Bertz CT molecular complexity index is 751. The number of carbonyl (C=O) groups is 2. The van der Waals surface area contributed by atoms with E-state index in [2.05, 4.69) is 20.3 Å². The summed E-state index contributed by atoms with van der Waals surface area (Å²) in [6, 6.07) is 5.36. The molecule has 0 aliphatic carbocycles. The zero-order chi connectivity index (χ0) is 18.2. The zero-order valence-electron chi connectivity index (χ0n) is 13.9. The van der Waals surface area contributed by atoms with Gasteiger partial charge in [-0.15, -0.1) is 22.0 Å². The maximum Gasteiger partial charge on any atom is 0.315 e. The molecule has 1 amide bonds. The van der Waals surface area contributed by atoms with Gasteiger partial charge in [0.2, 0.25) is 11.0 Å². The quantitative estimate of drug-likeness (QED) is 0.692. The molecule has 0 atom stereocenters. The molecule has 0 unspecified atom stereocenters. The van der Waals surface area contributed by atoms with Crippen LogP contribution in [0.1, 0.15) is 0 Å². The van der Waals surface area contributed by atoms with Crippen LogP contribution in [0.25, 0.3) is 10.6 Å². The van der Waals surface area contributed by atoms with Gasteiger partial charge in [-0.2, -0.15) is 0 Å². The Morgan fingerprint density at radius 1 is 1.16 bits per heavy atom. The van der Waals surface area contributed by atoms with Gasteiger partial charge < -0.3 is 14.2 Å². The van der Waals surface area contributed by atoms with Crippen molar-refractivity contribution in [3.8, 4) is 22.1 Å². The minimum Gasteiger partial charge on any atom is -0.497 e. The van der Waals surface area contributed by atoms with Crippen molar-refractivity contribution < 1.29 is 23.8 Å². The fraction of sp³-hybridized carbons (Fsp3) is 0.333. The van der Waals surface area contributed by atoms with Crippen molar-refractivity contribution in [3.05, 3.63) is 18.2 Å². The van der Waals surface area contributed by atoms with Crippen molar-refractivity contribution >= 4 is 40.1 Å². The summed E-state index contributed by atoms with van der Waals surface area (Å²) in [4.78, 5) is 22.9. The van der Waals surface area contributed by atoms with Crippen LogP contribution in [0.4, 0.5) is 5.13 Å². The summed E-state index contributed by atoms with van der Waals surface area (Å²) in [7, 11) is 4.44. The molecular weight excluding hydrogens is 366 g/mol. The number of anilines is 1. The van der Waals surface area contributed by atoms with E-state index in [0.29, 0.717) is 21.6 Å². The minimum absolute atomic E-state index is 0.119. The summed E-state index contributed by atoms with van der Waals surface area (Å²) in [6.45, 7) is 0. The molecule has 0 radical (unpaired) electrons. The third-order valence-electron chi connectivity index (χ3n) is 2.99. The number of hydrogen-bond acceptors (Lipinski definition) is 9. The Morgan fingerprint density at radius 2 is 1.96 bits per heavy atom. The highest BCUT2D eigenvalue weighted by Crippen LogP contribution is 2.35. The first kappa shape index (κ1) is 19.0. The molecule has 0 aliphatic heterocycles. The van der Waals surface area contributed by atoms with Crippen LogP contribution >= 0.6 is 23.1 Å². The third kappa shape index (κ3) is 5.33. The van der Waals surface area contributed by atoms with Gasteiger partial charge in [-0.3, -0.25) is 14.9 Å². The Morgan fingerprint density at radius 3 is 2.64 bits per heavy atom. The van der Waals surface area contributed by atoms with Crippen LogP contribution in [0.3, 0.4) is 0 Å². The Labute approximate surface area is 152 Å². The van der Waals surface area contributed by atoms with Crippen LogP contribution in [0, 0.1) is 0 Å². The molecule has 25 heavy (non-hydrogen) atoms. The van der Waals surface area contributed by atoms with E-state index in [1.54, 1.807) is 26.4 Å². The molecule has 1 aromatic heterocycles. The second-order valence-corrected chi connectivity index (χ2v) is 6.56. The highest BCUT2D eigenvalue weighted by molar-refractivity contribution is 8.00. The van der Waals surface area contributed by atoms with E-state index in [1.807, 2.05) is 6.07 Å². The van der Waals surface area contributed by atoms with Crippen molar-refractivity contribution in [2.75, 3.05) is 38.2 Å². The van der Waals surface area contributed by atoms with Crippen LogP contribution in [-0.4, -0.2) is 54.9 Å². The summed E-state index contributed by atoms with van der Waals surface area (Å²) in [5.41, 5.74) is 0.751. The van der Waals surface area contributed by atoms with Gasteiger partial charge in [0.15, 0.2) is 5.01 Å². The fourth-order valence-electron chi connectivity index (χ4n) is 1.80. The minimum atomic E-state index is -0.373. The van der Waals surface area contributed by atoms with Crippen molar-refractivity contribution in [2.24, 2.45) is 0 Å². The lowest BCUT2D eigenvalue weighted by Gasteiger charge is -2.07. The first-order valence-electron chi connectivity index (χ1n) is 7.07. The number of nitrogens with one attached hydrogen (secondary N) is 1. The van der Waals surface area contributed by atoms with Gasteiger partial charge in [-0.25, -0.2) is 0 Å². The standard InChI is InChI=1S/C15H17N3O5S2/c1-21-9-4-5-10(11(6-9)22-2)14-17-18-15(25-14)16-12(19)7-24-8-13(20)23-3/h4-6H,7-8H2,1-3H3,(H,16,18,19). The summed E-state index contributed by atoms with van der Waals surface area (Å²) >= 11 is 2.39. The molecule has 10 heteroatoms. The first-order chi connectivity index (χ1) is 12.1. The Kier molecular flexibility index (Phi) is 7.02. The predicted molar refractivity (Wildman–Crippen MR) is 96.4 cm³/mol. The lowest BCUT2D eigenvalue weighted by atomic mass is 10.2. The molecule has 1 aromatic carbocycles. The number of amides is 1.